The van der Waals surface area contributed by atoms with Gasteiger partial charge >= 0.3 is 12.1 Å². The molecule has 9 nitrogen and oxygen atoms in total. The Morgan fingerprint density at radius 3 is 2.34 bits per heavy atom. The number of carboxylic acids is 1. The number of nitrogens with one attached hydrogen (secondary N) is 1. The lowest BCUT2D eigenvalue weighted by Gasteiger charge is -2.33. The molecule has 2 N–H and O–H groups in total. The SMILES string of the molecule is CCCCS(=O)(=O)NC(CC(=O)O)Cc1ccc(OCCCCC2CCN(C(=O)OC(C)(C)C)CC2)cc1. The van der Waals surface area contributed by atoms with Crippen molar-refractivity contribution in [2.75, 3.05) is 25.4 Å². The first-order valence-corrected chi connectivity index (χ1v) is 15.4. The number of rotatable bonds is 15. The summed E-state index contributed by atoms with van der Waals surface area (Å²) in [7, 11) is -3.52. The molecule has 1 aliphatic rings. The zero-order valence-electron chi connectivity index (χ0n) is 23.4. The molecule has 1 atom stereocenters. The summed E-state index contributed by atoms with van der Waals surface area (Å²) >= 11 is 0. The second-order valence-electron chi connectivity index (χ2n) is 11.2. The minimum absolute atomic E-state index is 0.00231. The van der Waals surface area contributed by atoms with Crippen LogP contribution in [0.1, 0.15) is 84.6 Å². The number of piperidine rings is 1. The Kier molecular flexibility index (Phi) is 12.8. The van der Waals surface area contributed by atoms with Crippen LogP contribution in [0.2, 0.25) is 0 Å². The van der Waals surface area contributed by atoms with Crippen LogP contribution in [0.4, 0.5) is 4.79 Å². The lowest BCUT2D eigenvalue weighted by molar-refractivity contribution is -0.137. The van der Waals surface area contributed by atoms with Crippen molar-refractivity contribution >= 4 is 22.1 Å². The third kappa shape index (κ3) is 13.0. The highest BCUT2D eigenvalue weighted by atomic mass is 32.2. The number of hydrogen-bond acceptors (Lipinski definition) is 6. The van der Waals surface area contributed by atoms with E-state index < -0.39 is 27.6 Å². The molecular weight excluding hydrogens is 508 g/mol. The number of likely N-dealkylation sites (tertiary alicyclic amines) is 1. The molecule has 0 saturated carbocycles. The number of carboxylic acid groups (broad SMARTS) is 1. The number of amides is 1. The van der Waals surface area contributed by atoms with Crippen molar-refractivity contribution in [3.8, 4) is 5.75 Å². The van der Waals surface area contributed by atoms with E-state index in [1.807, 2.05) is 52.0 Å². The summed E-state index contributed by atoms with van der Waals surface area (Å²) in [6.45, 7) is 9.66. The Labute approximate surface area is 228 Å². The zero-order chi connectivity index (χ0) is 28.2. The van der Waals surface area contributed by atoms with E-state index in [1.54, 1.807) is 4.90 Å². The molecule has 38 heavy (non-hydrogen) atoms. The van der Waals surface area contributed by atoms with E-state index in [1.165, 1.54) is 0 Å². The Hall–Kier alpha value is -2.33. The van der Waals surface area contributed by atoms with Crippen LogP contribution in [0.3, 0.4) is 0 Å². The predicted octanol–water partition coefficient (Wildman–Crippen LogP) is 4.99. The molecule has 1 aromatic rings. The van der Waals surface area contributed by atoms with Gasteiger partial charge < -0.3 is 19.5 Å². The van der Waals surface area contributed by atoms with Gasteiger partial charge in [0.2, 0.25) is 10.0 Å². The first-order valence-electron chi connectivity index (χ1n) is 13.8. The normalized spacial score (nSPS) is 15.7. The number of carbonyl (C=O) groups is 2. The second kappa shape index (κ2) is 15.3. The number of benzene rings is 1. The lowest BCUT2D eigenvalue weighted by atomic mass is 9.92. The van der Waals surface area contributed by atoms with Gasteiger partial charge in [-0.3, -0.25) is 4.79 Å². The molecule has 1 saturated heterocycles. The highest BCUT2D eigenvalue weighted by Crippen LogP contribution is 2.24. The summed E-state index contributed by atoms with van der Waals surface area (Å²) in [5.74, 6) is 0.308. The van der Waals surface area contributed by atoms with E-state index in [9.17, 15) is 23.1 Å². The Morgan fingerprint density at radius 2 is 1.76 bits per heavy atom. The van der Waals surface area contributed by atoms with Gasteiger partial charge in [-0.1, -0.05) is 31.9 Å². The summed E-state index contributed by atoms with van der Waals surface area (Å²) in [5.41, 5.74) is 0.380. The zero-order valence-corrected chi connectivity index (χ0v) is 24.2. The smallest absolute Gasteiger partial charge is 0.410 e. The standard InChI is InChI=1S/C28H46N2O7S/c1-5-6-19-38(34,35)29-24(21-26(31)32)20-23-10-12-25(13-11-23)36-18-8-7-9-22-14-16-30(17-15-22)27(33)37-28(2,3)4/h10-13,22,24,29H,5-9,14-21H2,1-4H3,(H,31,32). The van der Waals surface area contributed by atoms with Crippen LogP contribution in [-0.4, -0.2) is 67.6 Å². The molecule has 0 aliphatic carbocycles. The van der Waals surface area contributed by atoms with Gasteiger partial charge in [-0.05, 0) is 82.9 Å². The van der Waals surface area contributed by atoms with Crippen LogP contribution in [0.5, 0.6) is 5.75 Å². The van der Waals surface area contributed by atoms with E-state index in [0.29, 0.717) is 25.4 Å². The number of sulfonamides is 1. The molecule has 0 radical (unpaired) electrons. The Morgan fingerprint density at radius 1 is 1.11 bits per heavy atom. The molecule has 1 unspecified atom stereocenters. The molecule has 1 aromatic carbocycles. The maximum Gasteiger partial charge on any atom is 0.410 e. The van der Waals surface area contributed by atoms with E-state index in [-0.39, 0.29) is 18.3 Å². The van der Waals surface area contributed by atoms with Gasteiger partial charge in [-0.2, -0.15) is 0 Å². The van der Waals surface area contributed by atoms with Crippen molar-refractivity contribution in [1.82, 2.24) is 9.62 Å². The van der Waals surface area contributed by atoms with Gasteiger partial charge in [0.25, 0.3) is 0 Å². The van der Waals surface area contributed by atoms with Gasteiger partial charge in [0, 0.05) is 19.1 Å². The van der Waals surface area contributed by atoms with Gasteiger partial charge in [-0.25, -0.2) is 17.9 Å². The summed E-state index contributed by atoms with van der Waals surface area (Å²) in [5, 5.41) is 9.20. The molecule has 1 heterocycles. The fraction of sp³-hybridized carbons (Fsp3) is 0.714. The van der Waals surface area contributed by atoms with Crippen LogP contribution in [-0.2, 0) is 26.0 Å². The van der Waals surface area contributed by atoms with Gasteiger partial charge in [0.15, 0.2) is 0 Å². The summed E-state index contributed by atoms with van der Waals surface area (Å²) in [4.78, 5) is 25.2. The molecular formula is C28H46N2O7S. The monoisotopic (exact) mass is 554 g/mol. The number of hydrogen-bond donors (Lipinski definition) is 2. The largest absolute Gasteiger partial charge is 0.494 e. The second-order valence-corrected chi connectivity index (χ2v) is 13.1. The van der Waals surface area contributed by atoms with Crippen molar-refractivity contribution in [3.63, 3.8) is 0 Å². The third-order valence-corrected chi connectivity index (χ3v) is 8.00. The summed E-state index contributed by atoms with van der Waals surface area (Å²) in [6.07, 6.45) is 6.20. The molecule has 2 rings (SSSR count). The average molecular weight is 555 g/mol. The van der Waals surface area contributed by atoms with Crippen molar-refractivity contribution in [3.05, 3.63) is 29.8 Å². The molecule has 10 heteroatoms. The maximum atomic E-state index is 12.2. The molecule has 216 valence electrons. The predicted molar refractivity (Wildman–Crippen MR) is 148 cm³/mol. The molecule has 0 aromatic heterocycles. The van der Waals surface area contributed by atoms with Crippen LogP contribution in [0.25, 0.3) is 0 Å². The van der Waals surface area contributed by atoms with E-state index >= 15 is 0 Å². The highest BCUT2D eigenvalue weighted by molar-refractivity contribution is 7.89. The van der Waals surface area contributed by atoms with Gasteiger partial charge in [0.1, 0.15) is 11.4 Å². The molecule has 0 spiro atoms. The Bertz CT molecular complexity index is 966. The summed E-state index contributed by atoms with van der Waals surface area (Å²) in [6, 6.07) is 6.68. The molecule has 1 fully saturated rings. The van der Waals surface area contributed by atoms with E-state index in [0.717, 1.165) is 62.9 Å². The van der Waals surface area contributed by atoms with Crippen molar-refractivity contribution in [2.24, 2.45) is 5.92 Å². The van der Waals surface area contributed by atoms with Crippen molar-refractivity contribution in [1.29, 1.82) is 0 Å². The van der Waals surface area contributed by atoms with Crippen molar-refractivity contribution < 1.29 is 32.6 Å². The topological polar surface area (TPSA) is 122 Å². The van der Waals surface area contributed by atoms with E-state index in [2.05, 4.69) is 4.72 Å². The Balaban J connectivity index is 1.69. The number of carbonyl (C=O) groups excluding carboxylic acids is 1. The van der Waals surface area contributed by atoms with Crippen LogP contribution < -0.4 is 9.46 Å². The van der Waals surface area contributed by atoms with Crippen LogP contribution >= 0.6 is 0 Å². The molecule has 1 amide bonds. The average Bonchev–Trinajstić information content (AvgIpc) is 2.82. The van der Waals surface area contributed by atoms with E-state index in [4.69, 9.17) is 9.47 Å². The summed E-state index contributed by atoms with van der Waals surface area (Å²) < 4.78 is 38.4. The minimum atomic E-state index is -3.52. The van der Waals surface area contributed by atoms with Crippen LogP contribution in [0.15, 0.2) is 24.3 Å². The number of aliphatic carboxylic acids is 1. The van der Waals surface area contributed by atoms with Gasteiger partial charge in [0.05, 0.1) is 18.8 Å². The highest BCUT2D eigenvalue weighted by Gasteiger charge is 2.26. The fourth-order valence-corrected chi connectivity index (χ4v) is 5.94. The molecule has 1 aliphatic heterocycles. The van der Waals surface area contributed by atoms with Crippen LogP contribution in [0, 0.1) is 5.92 Å². The van der Waals surface area contributed by atoms with Gasteiger partial charge in [-0.15, -0.1) is 0 Å². The maximum absolute atomic E-state index is 12.2. The number of unbranched alkanes of at least 4 members (excludes halogenated alkanes) is 2. The first-order chi connectivity index (χ1) is 17.9. The minimum Gasteiger partial charge on any atom is -0.494 e. The fourth-order valence-electron chi connectivity index (χ4n) is 4.48. The number of nitrogens with zero attached hydrogens (tertiary/aromatic N) is 1. The first kappa shape index (κ1) is 31.9. The quantitative estimate of drug-likeness (QED) is 0.293. The number of ether oxygens (including phenoxy) is 2. The molecule has 0 bridgehead atoms. The lowest BCUT2D eigenvalue weighted by Crippen LogP contribution is -2.41. The third-order valence-electron chi connectivity index (χ3n) is 6.48. The van der Waals surface area contributed by atoms with Crippen molar-refractivity contribution in [2.45, 2.75) is 97.1 Å².